The summed E-state index contributed by atoms with van der Waals surface area (Å²) in [6.07, 6.45) is 3.59. The Balaban J connectivity index is 2.22. The van der Waals surface area contributed by atoms with E-state index in [1.54, 1.807) is 6.20 Å². The fraction of sp³-hybridized carbons (Fsp3) is 0.250. The van der Waals surface area contributed by atoms with Crippen molar-refractivity contribution in [1.82, 2.24) is 15.1 Å². The predicted molar refractivity (Wildman–Crippen MR) is 62.9 cm³/mol. The van der Waals surface area contributed by atoms with Crippen LogP contribution in [0.4, 0.5) is 0 Å². The zero-order chi connectivity index (χ0) is 11.4. The van der Waals surface area contributed by atoms with Gasteiger partial charge in [0, 0.05) is 0 Å². The van der Waals surface area contributed by atoms with Crippen molar-refractivity contribution in [3.63, 3.8) is 0 Å². The van der Waals surface area contributed by atoms with Crippen LogP contribution in [-0.4, -0.2) is 23.6 Å². The predicted octanol–water partition coefficient (Wildman–Crippen LogP) is 1.74. The van der Waals surface area contributed by atoms with Crippen LogP contribution in [0.5, 0.6) is 5.75 Å². The summed E-state index contributed by atoms with van der Waals surface area (Å²) in [7, 11) is 1.84. The maximum atomic E-state index is 5.40. The Morgan fingerprint density at radius 2 is 2.19 bits per heavy atom. The lowest BCUT2D eigenvalue weighted by Gasteiger charge is -2.04. The monoisotopic (exact) mass is 217 g/mol. The molecule has 2 rings (SSSR count). The molecule has 2 aromatic rings. The summed E-state index contributed by atoms with van der Waals surface area (Å²) in [5.41, 5.74) is 2.26. The first-order chi connectivity index (χ1) is 7.81. The van der Waals surface area contributed by atoms with Gasteiger partial charge in [0.05, 0.1) is 18.1 Å². The minimum absolute atomic E-state index is 0.486. The van der Waals surface area contributed by atoms with Crippen molar-refractivity contribution in [3.05, 3.63) is 42.2 Å². The Kier molecular flexibility index (Phi) is 3.22. The van der Waals surface area contributed by atoms with Gasteiger partial charge in [-0.3, -0.25) is 5.32 Å². The van der Waals surface area contributed by atoms with Crippen molar-refractivity contribution in [2.75, 3.05) is 13.8 Å². The summed E-state index contributed by atoms with van der Waals surface area (Å²) in [6, 6.07) is 8.11. The number of para-hydroxylation sites is 1. The van der Waals surface area contributed by atoms with E-state index in [0.717, 1.165) is 11.4 Å². The van der Waals surface area contributed by atoms with Crippen LogP contribution >= 0.6 is 0 Å². The van der Waals surface area contributed by atoms with Crippen molar-refractivity contribution in [1.29, 1.82) is 0 Å². The van der Waals surface area contributed by atoms with Gasteiger partial charge in [-0.25, -0.2) is 4.68 Å². The summed E-state index contributed by atoms with van der Waals surface area (Å²) in [5, 5.41) is 7.18. The zero-order valence-electron chi connectivity index (χ0n) is 9.47. The van der Waals surface area contributed by atoms with Crippen LogP contribution in [0.15, 0.2) is 36.7 Å². The Morgan fingerprint density at radius 1 is 1.38 bits per heavy atom. The third-order valence-corrected chi connectivity index (χ3v) is 2.30. The van der Waals surface area contributed by atoms with Crippen LogP contribution in [-0.2, 0) is 0 Å². The molecule has 0 aliphatic rings. The minimum Gasteiger partial charge on any atom is -0.475 e. The van der Waals surface area contributed by atoms with Gasteiger partial charge < -0.3 is 4.74 Å². The standard InChI is InChI=1S/C12H15N3O/c1-10-5-3-4-6-12(10)15-8-11(7-14-15)16-9-13-2/h3-8,13H,9H2,1-2H3. The molecule has 0 unspecified atom stereocenters. The third-order valence-electron chi connectivity index (χ3n) is 2.30. The fourth-order valence-electron chi connectivity index (χ4n) is 1.49. The molecule has 4 nitrogen and oxygen atoms in total. The minimum atomic E-state index is 0.486. The number of nitrogens with one attached hydrogen (secondary N) is 1. The number of nitrogens with zero attached hydrogens (tertiary/aromatic N) is 2. The van der Waals surface area contributed by atoms with Crippen molar-refractivity contribution < 1.29 is 4.74 Å². The first kappa shape index (κ1) is 10.7. The van der Waals surface area contributed by atoms with Gasteiger partial charge in [0.25, 0.3) is 0 Å². The van der Waals surface area contributed by atoms with E-state index in [9.17, 15) is 0 Å². The molecule has 1 aromatic carbocycles. The van der Waals surface area contributed by atoms with E-state index in [1.165, 1.54) is 5.56 Å². The van der Waals surface area contributed by atoms with E-state index >= 15 is 0 Å². The summed E-state index contributed by atoms with van der Waals surface area (Å²) < 4.78 is 7.22. The molecule has 4 heteroatoms. The smallest absolute Gasteiger partial charge is 0.159 e. The molecule has 0 saturated carbocycles. The molecular formula is C12H15N3O. The van der Waals surface area contributed by atoms with Crippen molar-refractivity contribution >= 4 is 0 Å². The molecule has 0 saturated heterocycles. The van der Waals surface area contributed by atoms with Crippen LogP contribution in [0.25, 0.3) is 5.69 Å². The number of hydrogen-bond donors (Lipinski definition) is 1. The normalized spacial score (nSPS) is 10.4. The largest absolute Gasteiger partial charge is 0.475 e. The molecule has 0 fully saturated rings. The zero-order valence-corrected chi connectivity index (χ0v) is 9.47. The SMILES string of the molecule is CNCOc1cnn(-c2ccccc2C)c1. The number of benzene rings is 1. The molecule has 1 N–H and O–H groups in total. The molecule has 1 aromatic heterocycles. The molecule has 0 atom stereocenters. The lowest BCUT2D eigenvalue weighted by atomic mass is 10.2. The van der Waals surface area contributed by atoms with Gasteiger partial charge in [-0.15, -0.1) is 0 Å². The number of rotatable bonds is 4. The van der Waals surface area contributed by atoms with Crippen LogP contribution < -0.4 is 10.1 Å². The van der Waals surface area contributed by atoms with E-state index in [1.807, 2.05) is 36.1 Å². The highest BCUT2D eigenvalue weighted by atomic mass is 16.5. The molecular weight excluding hydrogens is 202 g/mol. The number of aromatic nitrogens is 2. The Bertz CT molecular complexity index is 465. The highest BCUT2D eigenvalue weighted by molar-refractivity contribution is 5.40. The summed E-state index contributed by atoms with van der Waals surface area (Å²) in [6.45, 7) is 2.55. The van der Waals surface area contributed by atoms with E-state index < -0.39 is 0 Å². The average Bonchev–Trinajstić information content (AvgIpc) is 2.75. The molecule has 1 heterocycles. The summed E-state index contributed by atoms with van der Waals surface area (Å²) in [4.78, 5) is 0. The lowest BCUT2D eigenvalue weighted by Crippen LogP contribution is -2.13. The highest BCUT2D eigenvalue weighted by Crippen LogP contribution is 2.16. The molecule has 16 heavy (non-hydrogen) atoms. The van der Waals surface area contributed by atoms with Crippen LogP contribution in [0.3, 0.4) is 0 Å². The van der Waals surface area contributed by atoms with Gasteiger partial charge in [0.2, 0.25) is 0 Å². The molecule has 0 spiro atoms. The average molecular weight is 217 g/mol. The van der Waals surface area contributed by atoms with Crippen LogP contribution in [0.2, 0.25) is 0 Å². The molecule has 0 aliphatic heterocycles. The van der Waals surface area contributed by atoms with Crippen molar-refractivity contribution in [2.45, 2.75) is 6.92 Å². The summed E-state index contributed by atoms with van der Waals surface area (Å²) in [5.74, 6) is 0.762. The van der Waals surface area contributed by atoms with Gasteiger partial charge in [-0.05, 0) is 25.6 Å². The van der Waals surface area contributed by atoms with Gasteiger partial charge in [0.15, 0.2) is 5.75 Å². The second kappa shape index (κ2) is 4.81. The molecule has 0 aliphatic carbocycles. The van der Waals surface area contributed by atoms with E-state index in [2.05, 4.69) is 23.4 Å². The first-order valence-corrected chi connectivity index (χ1v) is 5.19. The van der Waals surface area contributed by atoms with Crippen molar-refractivity contribution in [3.8, 4) is 11.4 Å². The van der Waals surface area contributed by atoms with E-state index in [-0.39, 0.29) is 0 Å². The summed E-state index contributed by atoms with van der Waals surface area (Å²) >= 11 is 0. The van der Waals surface area contributed by atoms with Gasteiger partial charge in [-0.1, -0.05) is 18.2 Å². The quantitative estimate of drug-likeness (QED) is 0.793. The van der Waals surface area contributed by atoms with Gasteiger partial charge in [-0.2, -0.15) is 5.10 Å². The van der Waals surface area contributed by atoms with Crippen LogP contribution in [0, 0.1) is 6.92 Å². The maximum absolute atomic E-state index is 5.40. The second-order valence-electron chi connectivity index (χ2n) is 3.55. The Morgan fingerprint density at radius 3 is 2.94 bits per heavy atom. The number of aryl methyl sites for hydroxylation is 1. The molecule has 0 radical (unpaired) electrons. The highest BCUT2D eigenvalue weighted by Gasteiger charge is 2.03. The molecule has 0 bridgehead atoms. The van der Waals surface area contributed by atoms with Crippen LogP contribution in [0.1, 0.15) is 5.56 Å². The van der Waals surface area contributed by atoms with Gasteiger partial charge in [0.1, 0.15) is 6.73 Å². The van der Waals surface area contributed by atoms with E-state index in [0.29, 0.717) is 6.73 Å². The number of ether oxygens (including phenoxy) is 1. The molecule has 0 amide bonds. The third kappa shape index (κ3) is 2.23. The fourth-order valence-corrected chi connectivity index (χ4v) is 1.49. The maximum Gasteiger partial charge on any atom is 0.159 e. The number of hydrogen-bond acceptors (Lipinski definition) is 3. The first-order valence-electron chi connectivity index (χ1n) is 5.19. The second-order valence-corrected chi connectivity index (χ2v) is 3.55. The Labute approximate surface area is 94.9 Å². The van der Waals surface area contributed by atoms with E-state index in [4.69, 9.17) is 4.74 Å². The topological polar surface area (TPSA) is 39.1 Å². The lowest BCUT2D eigenvalue weighted by molar-refractivity contribution is 0.296. The molecule has 84 valence electrons. The van der Waals surface area contributed by atoms with Crippen molar-refractivity contribution in [2.24, 2.45) is 0 Å². The van der Waals surface area contributed by atoms with Gasteiger partial charge >= 0.3 is 0 Å². The Hall–Kier alpha value is -1.81.